The van der Waals surface area contributed by atoms with E-state index in [0.29, 0.717) is 0 Å². The zero-order valence-corrected chi connectivity index (χ0v) is 15.8. The Morgan fingerprint density at radius 3 is 2.72 bits per heavy atom. The standard InChI is InChI=1S/C20H27N3OS/c1-15(2)21-20(24)22-18-8-10-23(11-9-18)14-16-5-3-6-17(13-16)19-7-4-12-25-19/h3-7,12-13,15,18H,8-11,14H2,1-2H3,(H2,21,22,24). The Kier molecular flexibility index (Phi) is 6.10. The third-order valence-corrected chi connectivity index (χ3v) is 5.40. The molecule has 2 amide bonds. The minimum atomic E-state index is -0.0444. The summed E-state index contributed by atoms with van der Waals surface area (Å²) < 4.78 is 0. The monoisotopic (exact) mass is 357 g/mol. The highest BCUT2D eigenvalue weighted by molar-refractivity contribution is 7.13. The maximum Gasteiger partial charge on any atom is 0.315 e. The first-order chi connectivity index (χ1) is 12.1. The molecule has 2 heterocycles. The van der Waals surface area contributed by atoms with Gasteiger partial charge >= 0.3 is 6.03 Å². The van der Waals surface area contributed by atoms with Gasteiger partial charge in [-0.1, -0.05) is 24.3 Å². The summed E-state index contributed by atoms with van der Waals surface area (Å²) in [4.78, 5) is 15.6. The van der Waals surface area contributed by atoms with Crippen LogP contribution >= 0.6 is 11.3 Å². The molecule has 25 heavy (non-hydrogen) atoms. The highest BCUT2D eigenvalue weighted by atomic mass is 32.1. The van der Waals surface area contributed by atoms with Gasteiger partial charge < -0.3 is 10.6 Å². The molecule has 1 saturated heterocycles. The molecule has 1 aromatic carbocycles. The van der Waals surface area contributed by atoms with Crippen molar-refractivity contribution in [3.8, 4) is 10.4 Å². The Labute approximate surface area is 154 Å². The van der Waals surface area contributed by atoms with Crippen molar-refractivity contribution in [2.75, 3.05) is 13.1 Å². The van der Waals surface area contributed by atoms with Crippen LogP contribution in [0.15, 0.2) is 41.8 Å². The average molecular weight is 358 g/mol. The summed E-state index contributed by atoms with van der Waals surface area (Å²) in [6, 6.07) is 13.5. The van der Waals surface area contributed by atoms with Crippen molar-refractivity contribution in [3.05, 3.63) is 47.3 Å². The predicted octanol–water partition coefficient (Wildman–Crippen LogP) is 4.09. The minimum Gasteiger partial charge on any atom is -0.336 e. The number of hydrogen-bond donors (Lipinski definition) is 2. The smallest absolute Gasteiger partial charge is 0.315 e. The van der Waals surface area contributed by atoms with Crippen molar-refractivity contribution in [2.45, 2.75) is 45.3 Å². The van der Waals surface area contributed by atoms with E-state index in [9.17, 15) is 4.79 Å². The summed E-state index contributed by atoms with van der Waals surface area (Å²) >= 11 is 1.78. The van der Waals surface area contributed by atoms with Gasteiger partial charge in [-0.05, 0) is 55.3 Å². The highest BCUT2D eigenvalue weighted by Crippen LogP contribution is 2.26. The zero-order valence-electron chi connectivity index (χ0n) is 15.0. The molecule has 134 valence electrons. The van der Waals surface area contributed by atoms with E-state index in [1.165, 1.54) is 16.0 Å². The van der Waals surface area contributed by atoms with E-state index in [0.717, 1.165) is 32.5 Å². The first-order valence-corrected chi connectivity index (χ1v) is 9.90. The molecule has 0 unspecified atom stereocenters. The number of urea groups is 1. The second-order valence-corrected chi connectivity index (χ2v) is 7.95. The lowest BCUT2D eigenvalue weighted by Gasteiger charge is -2.32. The molecule has 0 bridgehead atoms. The zero-order chi connectivity index (χ0) is 17.6. The second-order valence-electron chi connectivity index (χ2n) is 7.00. The van der Waals surface area contributed by atoms with Gasteiger partial charge in [0, 0.05) is 36.6 Å². The number of nitrogens with one attached hydrogen (secondary N) is 2. The van der Waals surface area contributed by atoms with E-state index in [1.54, 1.807) is 11.3 Å². The summed E-state index contributed by atoms with van der Waals surface area (Å²) in [5, 5.41) is 8.11. The number of benzene rings is 1. The van der Waals surface area contributed by atoms with Crippen molar-refractivity contribution < 1.29 is 4.79 Å². The molecule has 1 aliphatic heterocycles. The van der Waals surface area contributed by atoms with Gasteiger partial charge in [0.05, 0.1) is 0 Å². The minimum absolute atomic E-state index is 0.0444. The molecule has 0 saturated carbocycles. The Balaban J connectivity index is 1.49. The third-order valence-electron chi connectivity index (χ3n) is 4.48. The number of nitrogens with zero attached hydrogens (tertiary/aromatic N) is 1. The maximum absolute atomic E-state index is 11.8. The fourth-order valence-corrected chi connectivity index (χ4v) is 3.97. The number of rotatable bonds is 5. The van der Waals surface area contributed by atoms with Crippen LogP contribution in [0.2, 0.25) is 0 Å². The molecule has 1 fully saturated rings. The molecule has 1 aromatic heterocycles. The normalized spacial score (nSPS) is 16.1. The first kappa shape index (κ1) is 18.0. The van der Waals surface area contributed by atoms with Crippen LogP contribution in [-0.2, 0) is 6.54 Å². The molecule has 0 atom stereocenters. The van der Waals surface area contributed by atoms with Gasteiger partial charge in [0.2, 0.25) is 0 Å². The van der Waals surface area contributed by atoms with Crippen LogP contribution in [0.3, 0.4) is 0 Å². The van der Waals surface area contributed by atoms with E-state index >= 15 is 0 Å². The van der Waals surface area contributed by atoms with E-state index in [-0.39, 0.29) is 18.1 Å². The summed E-state index contributed by atoms with van der Waals surface area (Å²) in [6.45, 7) is 6.98. The number of amides is 2. The third kappa shape index (κ3) is 5.31. The van der Waals surface area contributed by atoms with Crippen LogP contribution in [0.4, 0.5) is 4.79 Å². The second kappa shape index (κ2) is 8.50. The predicted molar refractivity (Wildman–Crippen MR) is 105 cm³/mol. The molecule has 0 aliphatic carbocycles. The lowest BCUT2D eigenvalue weighted by molar-refractivity contribution is 0.186. The van der Waals surface area contributed by atoms with Gasteiger partial charge in [0.15, 0.2) is 0 Å². The Bertz CT molecular complexity index is 676. The number of piperidine rings is 1. The van der Waals surface area contributed by atoms with Crippen LogP contribution in [0.25, 0.3) is 10.4 Å². The SMILES string of the molecule is CC(C)NC(=O)NC1CCN(Cc2cccc(-c3cccs3)c2)CC1. The van der Waals surface area contributed by atoms with E-state index < -0.39 is 0 Å². The number of carbonyl (C=O) groups excluding carboxylic acids is 1. The summed E-state index contributed by atoms with van der Waals surface area (Å²) in [7, 11) is 0. The molecular weight excluding hydrogens is 330 g/mol. The molecule has 1 aliphatic rings. The van der Waals surface area contributed by atoms with E-state index in [4.69, 9.17) is 0 Å². The van der Waals surface area contributed by atoms with Gasteiger partial charge in [0.25, 0.3) is 0 Å². The first-order valence-electron chi connectivity index (χ1n) is 9.02. The quantitative estimate of drug-likeness (QED) is 0.847. The molecular formula is C20H27N3OS. The molecule has 2 N–H and O–H groups in total. The van der Waals surface area contributed by atoms with Gasteiger partial charge in [-0.2, -0.15) is 0 Å². The number of hydrogen-bond acceptors (Lipinski definition) is 3. The lowest BCUT2D eigenvalue weighted by Crippen LogP contribution is -2.49. The van der Waals surface area contributed by atoms with Gasteiger partial charge in [-0.3, -0.25) is 4.90 Å². The van der Waals surface area contributed by atoms with Crippen LogP contribution < -0.4 is 10.6 Å². The van der Waals surface area contributed by atoms with E-state index in [1.807, 2.05) is 13.8 Å². The summed E-state index contributed by atoms with van der Waals surface area (Å²) in [6.07, 6.45) is 2.02. The number of carbonyl (C=O) groups is 1. The van der Waals surface area contributed by atoms with Crippen molar-refractivity contribution in [2.24, 2.45) is 0 Å². The average Bonchev–Trinajstić information content (AvgIpc) is 3.11. The van der Waals surface area contributed by atoms with Crippen LogP contribution in [0.1, 0.15) is 32.3 Å². The van der Waals surface area contributed by atoms with Gasteiger partial charge in [0.1, 0.15) is 0 Å². The summed E-state index contributed by atoms with van der Waals surface area (Å²) in [5.41, 5.74) is 2.66. The van der Waals surface area contributed by atoms with E-state index in [2.05, 4.69) is 57.3 Å². The fourth-order valence-electron chi connectivity index (χ4n) is 3.25. The van der Waals surface area contributed by atoms with Crippen molar-refractivity contribution in [1.82, 2.24) is 15.5 Å². The van der Waals surface area contributed by atoms with Gasteiger partial charge in [-0.15, -0.1) is 11.3 Å². The summed E-state index contributed by atoms with van der Waals surface area (Å²) in [5.74, 6) is 0. The van der Waals surface area contributed by atoms with Crippen molar-refractivity contribution in [3.63, 3.8) is 0 Å². The molecule has 0 radical (unpaired) electrons. The number of thiophene rings is 1. The Morgan fingerprint density at radius 1 is 1.24 bits per heavy atom. The number of likely N-dealkylation sites (tertiary alicyclic amines) is 1. The Morgan fingerprint density at radius 2 is 2.04 bits per heavy atom. The topological polar surface area (TPSA) is 44.4 Å². The van der Waals surface area contributed by atoms with Crippen molar-refractivity contribution >= 4 is 17.4 Å². The van der Waals surface area contributed by atoms with Crippen LogP contribution in [0.5, 0.6) is 0 Å². The Hall–Kier alpha value is -1.85. The van der Waals surface area contributed by atoms with Crippen LogP contribution in [0, 0.1) is 0 Å². The maximum atomic E-state index is 11.8. The molecule has 5 heteroatoms. The molecule has 3 rings (SSSR count). The largest absolute Gasteiger partial charge is 0.336 e. The fraction of sp³-hybridized carbons (Fsp3) is 0.450. The molecule has 4 nitrogen and oxygen atoms in total. The van der Waals surface area contributed by atoms with Crippen LogP contribution in [-0.4, -0.2) is 36.1 Å². The lowest BCUT2D eigenvalue weighted by atomic mass is 10.0. The molecule has 0 spiro atoms. The van der Waals surface area contributed by atoms with Crippen molar-refractivity contribution in [1.29, 1.82) is 0 Å². The molecule has 2 aromatic rings. The highest BCUT2D eigenvalue weighted by Gasteiger charge is 2.21. The van der Waals surface area contributed by atoms with Gasteiger partial charge in [-0.25, -0.2) is 4.79 Å².